The van der Waals surface area contributed by atoms with Gasteiger partial charge in [-0.25, -0.2) is 13.1 Å². The fourth-order valence-corrected chi connectivity index (χ4v) is 3.64. The second kappa shape index (κ2) is 9.06. The summed E-state index contributed by atoms with van der Waals surface area (Å²) >= 11 is 0. The highest BCUT2D eigenvalue weighted by atomic mass is 32.2. The average Bonchev–Trinajstić information content (AvgIpc) is 3.21. The molecule has 0 saturated heterocycles. The summed E-state index contributed by atoms with van der Waals surface area (Å²) in [6.45, 7) is 3.42. The number of hydrogen-bond donors (Lipinski definition) is 2. The van der Waals surface area contributed by atoms with Crippen LogP contribution in [0.1, 0.15) is 30.1 Å². The Hall–Kier alpha value is -3.24. The van der Waals surface area contributed by atoms with Gasteiger partial charge in [0.2, 0.25) is 21.7 Å². The van der Waals surface area contributed by atoms with Gasteiger partial charge in [0.05, 0.1) is 24.1 Å². The number of sulfonamides is 1. The molecule has 0 atom stereocenters. The van der Waals surface area contributed by atoms with Gasteiger partial charge in [-0.1, -0.05) is 35.5 Å². The van der Waals surface area contributed by atoms with E-state index < -0.39 is 15.9 Å². The minimum atomic E-state index is -3.94. The lowest BCUT2D eigenvalue weighted by atomic mass is 10.2. The smallest absolute Gasteiger partial charge is 0.255 e. The van der Waals surface area contributed by atoms with Gasteiger partial charge < -0.3 is 14.6 Å². The molecule has 3 aromatic rings. The molecule has 10 heteroatoms. The van der Waals surface area contributed by atoms with Crippen LogP contribution in [0.2, 0.25) is 0 Å². The predicted molar refractivity (Wildman–Crippen MR) is 109 cm³/mol. The molecule has 2 N–H and O–H groups in total. The van der Waals surface area contributed by atoms with Crippen molar-refractivity contribution in [2.24, 2.45) is 0 Å². The maximum atomic E-state index is 12.7. The van der Waals surface area contributed by atoms with Crippen LogP contribution < -0.4 is 14.8 Å². The van der Waals surface area contributed by atoms with Crippen molar-refractivity contribution in [3.63, 3.8) is 0 Å². The van der Waals surface area contributed by atoms with Gasteiger partial charge in [0.15, 0.2) is 0 Å². The monoisotopic (exact) mass is 430 g/mol. The van der Waals surface area contributed by atoms with E-state index in [9.17, 15) is 13.2 Å². The van der Waals surface area contributed by atoms with E-state index in [4.69, 9.17) is 9.26 Å². The molecule has 0 unspecified atom stereocenters. The Morgan fingerprint density at radius 1 is 1.17 bits per heavy atom. The maximum absolute atomic E-state index is 12.7. The Morgan fingerprint density at radius 3 is 2.57 bits per heavy atom. The number of nitrogens with zero attached hydrogens (tertiary/aromatic N) is 2. The molecule has 158 valence electrons. The van der Waals surface area contributed by atoms with Gasteiger partial charge in [0.1, 0.15) is 5.75 Å². The summed E-state index contributed by atoms with van der Waals surface area (Å²) in [5.74, 6) is 0.324. The van der Waals surface area contributed by atoms with E-state index in [1.165, 1.54) is 25.3 Å². The highest BCUT2D eigenvalue weighted by Gasteiger charge is 2.21. The number of amides is 1. The van der Waals surface area contributed by atoms with Crippen LogP contribution in [0.4, 0.5) is 0 Å². The van der Waals surface area contributed by atoms with E-state index in [0.29, 0.717) is 5.82 Å². The van der Waals surface area contributed by atoms with Gasteiger partial charge in [-0.05, 0) is 32.0 Å². The molecule has 0 saturated carbocycles. The zero-order valence-corrected chi connectivity index (χ0v) is 17.6. The number of carbonyl (C=O) groups excluding carboxylic acids is 1. The Morgan fingerprint density at radius 2 is 1.90 bits per heavy atom. The molecular formula is C20H22N4O5S. The molecule has 1 aromatic heterocycles. The van der Waals surface area contributed by atoms with Gasteiger partial charge >= 0.3 is 0 Å². The van der Waals surface area contributed by atoms with E-state index in [2.05, 4.69) is 20.2 Å². The topological polar surface area (TPSA) is 123 Å². The van der Waals surface area contributed by atoms with Crippen LogP contribution in [0.5, 0.6) is 5.75 Å². The summed E-state index contributed by atoms with van der Waals surface area (Å²) in [5, 5.41) is 6.58. The largest absolute Gasteiger partial charge is 0.496 e. The number of benzene rings is 2. The molecule has 9 nitrogen and oxygen atoms in total. The van der Waals surface area contributed by atoms with Crippen LogP contribution in [-0.2, 0) is 16.6 Å². The molecule has 1 heterocycles. The Balaban J connectivity index is 1.77. The summed E-state index contributed by atoms with van der Waals surface area (Å²) in [7, 11) is -2.53. The van der Waals surface area contributed by atoms with Crippen molar-refractivity contribution in [1.82, 2.24) is 20.2 Å². The van der Waals surface area contributed by atoms with E-state index in [-0.39, 0.29) is 34.7 Å². The summed E-state index contributed by atoms with van der Waals surface area (Å²) in [5.41, 5.74) is 0.879. The van der Waals surface area contributed by atoms with E-state index in [1.54, 1.807) is 13.8 Å². The first-order valence-electron chi connectivity index (χ1n) is 9.16. The maximum Gasteiger partial charge on any atom is 0.255 e. The van der Waals surface area contributed by atoms with Crippen molar-refractivity contribution in [1.29, 1.82) is 0 Å². The molecule has 30 heavy (non-hydrogen) atoms. The van der Waals surface area contributed by atoms with E-state index in [0.717, 1.165) is 5.56 Å². The molecular weight excluding hydrogens is 408 g/mol. The third-order valence-electron chi connectivity index (χ3n) is 4.06. The molecule has 0 bridgehead atoms. The number of rotatable bonds is 8. The molecule has 1 amide bonds. The van der Waals surface area contributed by atoms with E-state index in [1.807, 2.05) is 30.3 Å². The van der Waals surface area contributed by atoms with Gasteiger partial charge in [0.25, 0.3) is 5.91 Å². The number of ether oxygens (including phenoxy) is 1. The Labute approximate surface area is 174 Å². The molecule has 3 rings (SSSR count). The van der Waals surface area contributed by atoms with E-state index >= 15 is 0 Å². The SMILES string of the molecule is COc1ccc(S(=O)(=O)NCc2nc(-c3ccccc3)no2)cc1C(=O)NC(C)C. The van der Waals surface area contributed by atoms with Gasteiger partial charge in [0, 0.05) is 11.6 Å². The molecule has 0 aliphatic rings. The van der Waals surface area contributed by atoms with Crippen LogP contribution in [0.3, 0.4) is 0 Å². The number of nitrogens with one attached hydrogen (secondary N) is 2. The molecule has 0 aliphatic heterocycles. The normalized spacial score (nSPS) is 11.5. The fourth-order valence-electron chi connectivity index (χ4n) is 2.64. The number of hydrogen-bond acceptors (Lipinski definition) is 7. The molecule has 0 fully saturated rings. The van der Waals surface area contributed by atoms with Crippen molar-refractivity contribution >= 4 is 15.9 Å². The summed E-state index contributed by atoms with van der Waals surface area (Å²) < 4.78 is 38.1. The summed E-state index contributed by atoms with van der Waals surface area (Å²) in [4.78, 5) is 16.5. The Kier molecular flexibility index (Phi) is 6.48. The van der Waals surface area contributed by atoms with Gasteiger partial charge in [-0.2, -0.15) is 4.98 Å². The summed E-state index contributed by atoms with van der Waals surface area (Å²) in [6.07, 6.45) is 0. The summed E-state index contributed by atoms with van der Waals surface area (Å²) in [6, 6.07) is 13.1. The average molecular weight is 430 g/mol. The molecule has 0 radical (unpaired) electrons. The molecule has 0 spiro atoms. The van der Waals surface area contributed by atoms with Crippen LogP contribution in [0, 0.1) is 0 Å². The standard InChI is InChI=1S/C20H22N4O5S/c1-13(2)22-20(25)16-11-15(9-10-17(16)28-3)30(26,27)21-12-18-23-19(24-29-18)14-7-5-4-6-8-14/h4-11,13,21H,12H2,1-3H3,(H,22,25). The molecule has 0 aliphatic carbocycles. The highest BCUT2D eigenvalue weighted by molar-refractivity contribution is 7.89. The van der Waals surface area contributed by atoms with Crippen LogP contribution in [0.25, 0.3) is 11.4 Å². The number of carbonyl (C=O) groups is 1. The minimum Gasteiger partial charge on any atom is -0.496 e. The van der Waals surface area contributed by atoms with Crippen molar-refractivity contribution in [3.8, 4) is 17.1 Å². The predicted octanol–water partition coefficient (Wildman–Crippen LogP) is 2.36. The first-order valence-corrected chi connectivity index (χ1v) is 10.6. The van der Waals surface area contributed by atoms with Gasteiger partial charge in [-0.3, -0.25) is 4.79 Å². The van der Waals surface area contributed by atoms with Gasteiger partial charge in [-0.15, -0.1) is 0 Å². The quantitative estimate of drug-likeness (QED) is 0.562. The third-order valence-corrected chi connectivity index (χ3v) is 5.46. The Bertz CT molecular complexity index is 1130. The number of aromatic nitrogens is 2. The van der Waals surface area contributed by atoms with Crippen molar-refractivity contribution < 1.29 is 22.5 Å². The first kappa shape index (κ1) is 21.5. The lowest BCUT2D eigenvalue weighted by molar-refractivity contribution is 0.0940. The zero-order valence-electron chi connectivity index (χ0n) is 16.7. The van der Waals surface area contributed by atoms with Crippen molar-refractivity contribution in [3.05, 3.63) is 60.0 Å². The third kappa shape index (κ3) is 5.02. The van der Waals surface area contributed by atoms with Crippen molar-refractivity contribution in [2.75, 3.05) is 7.11 Å². The van der Waals surface area contributed by atoms with Crippen molar-refractivity contribution in [2.45, 2.75) is 31.3 Å². The lowest BCUT2D eigenvalue weighted by Gasteiger charge is -2.13. The highest BCUT2D eigenvalue weighted by Crippen LogP contribution is 2.23. The minimum absolute atomic E-state index is 0.0833. The zero-order chi connectivity index (χ0) is 21.7. The lowest BCUT2D eigenvalue weighted by Crippen LogP contribution is -2.31. The second-order valence-electron chi connectivity index (χ2n) is 6.69. The second-order valence-corrected chi connectivity index (χ2v) is 8.46. The van der Waals surface area contributed by atoms with Crippen LogP contribution in [-0.4, -0.2) is 37.6 Å². The molecule has 2 aromatic carbocycles. The first-order chi connectivity index (χ1) is 14.3. The van der Waals surface area contributed by atoms with Crippen LogP contribution in [0.15, 0.2) is 57.9 Å². The van der Waals surface area contributed by atoms with Crippen LogP contribution >= 0.6 is 0 Å². The fraction of sp³-hybridized carbons (Fsp3) is 0.250. The number of methoxy groups -OCH3 is 1.